The van der Waals surface area contributed by atoms with Gasteiger partial charge in [0.05, 0.1) is 12.2 Å². The Kier molecular flexibility index (Phi) is 4.70. The van der Waals surface area contributed by atoms with Crippen LogP contribution in [0.4, 0.5) is 4.39 Å². The minimum atomic E-state index is -0.319. The molecule has 0 fully saturated rings. The topological polar surface area (TPSA) is 50.9 Å². The van der Waals surface area contributed by atoms with Crippen molar-refractivity contribution >= 4 is 11.8 Å². The molecule has 1 rings (SSSR count). The van der Waals surface area contributed by atoms with E-state index in [-0.39, 0.29) is 16.6 Å². The van der Waals surface area contributed by atoms with Gasteiger partial charge in [-0.25, -0.2) is 4.39 Å². The van der Waals surface area contributed by atoms with Gasteiger partial charge in [0.2, 0.25) is 0 Å². The van der Waals surface area contributed by atoms with Crippen molar-refractivity contribution in [1.29, 1.82) is 0 Å². The van der Waals surface area contributed by atoms with Crippen LogP contribution in [0.15, 0.2) is 18.5 Å². The zero-order valence-corrected chi connectivity index (χ0v) is 10.6. The van der Waals surface area contributed by atoms with Crippen LogP contribution in [0.5, 0.6) is 0 Å². The van der Waals surface area contributed by atoms with Crippen LogP contribution in [0, 0.1) is 5.82 Å². The summed E-state index contributed by atoms with van der Waals surface area (Å²) in [6.07, 6.45) is 2.78. The second kappa shape index (κ2) is 5.61. The maximum Gasteiger partial charge on any atom is 0.146 e. The van der Waals surface area contributed by atoms with Gasteiger partial charge in [-0.1, -0.05) is 20.8 Å². The summed E-state index contributed by atoms with van der Waals surface area (Å²) in [6.45, 7) is 6.36. The Bertz CT molecular complexity index is 338. The van der Waals surface area contributed by atoms with E-state index < -0.39 is 0 Å². The zero-order valence-electron chi connectivity index (χ0n) is 9.83. The molecule has 0 saturated heterocycles. The third-order valence-electron chi connectivity index (χ3n) is 2.06. The van der Waals surface area contributed by atoms with E-state index in [2.05, 4.69) is 31.2 Å². The van der Waals surface area contributed by atoms with Crippen LogP contribution in [0.1, 0.15) is 32.4 Å². The molecule has 0 aliphatic rings. The normalized spacial score (nSPS) is 13.8. The van der Waals surface area contributed by atoms with Gasteiger partial charge in [-0.3, -0.25) is 16.3 Å². The number of nitrogens with one attached hydrogen (secondary N) is 1. The van der Waals surface area contributed by atoms with Crippen molar-refractivity contribution in [3.05, 3.63) is 29.8 Å². The van der Waals surface area contributed by atoms with Gasteiger partial charge in [0, 0.05) is 22.3 Å². The number of halogens is 1. The molecular weight excluding hydrogens is 225 g/mol. The second-order valence-electron chi connectivity index (χ2n) is 4.54. The number of pyridine rings is 1. The molecule has 0 aromatic carbocycles. The highest BCUT2D eigenvalue weighted by Gasteiger charge is 2.18. The molecular formula is C11H18FN3S. The molecule has 0 radical (unpaired) electrons. The van der Waals surface area contributed by atoms with Gasteiger partial charge in [0.1, 0.15) is 5.82 Å². The highest BCUT2D eigenvalue weighted by Crippen LogP contribution is 2.28. The summed E-state index contributed by atoms with van der Waals surface area (Å²) in [6, 6.07) is 1.47. The van der Waals surface area contributed by atoms with Gasteiger partial charge >= 0.3 is 0 Å². The summed E-state index contributed by atoms with van der Waals surface area (Å²) in [7, 11) is 0. The zero-order chi connectivity index (χ0) is 12.2. The molecule has 90 valence electrons. The maximum atomic E-state index is 13.5. The fraction of sp³-hybridized carbons (Fsp3) is 0.545. The van der Waals surface area contributed by atoms with Crippen molar-refractivity contribution in [2.45, 2.75) is 31.6 Å². The molecule has 16 heavy (non-hydrogen) atoms. The van der Waals surface area contributed by atoms with Crippen LogP contribution in [-0.4, -0.2) is 15.5 Å². The lowest BCUT2D eigenvalue weighted by Gasteiger charge is -2.22. The molecule has 3 N–H and O–H groups in total. The Morgan fingerprint density at radius 2 is 2.25 bits per heavy atom. The van der Waals surface area contributed by atoms with Crippen molar-refractivity contribution in [2.24, 2.45) is 5.84 Å². The third-order valence-corrected chi connectivity index (χ3v) is 3.43. The van der Waals surface area contributed by atoms with Crippen molar-refractivity contribution in [3.8, 4) is 0 Å². The van der Waals surface area contributed by atoms with Gasteiger partial charge < -0.3 is 0 Å². The van der Waals surface area contributed by atoms with Gasteiger partial charge in [0.25, 0.3) is 0 Å². The summed E-state index contributed by atoms with van der Waals surface area (Å²) in [5.41, 5.74) is 3.21. The Morgan fingerprint density at radius 3 is 2.75 bits per heavy atom. The summed E-state index contributed by atoms with van der Waals surface area (Å²) in [5, 5.41) is 0. The first-order valence-corrected chi connectivity index (χ1v) is 6.12. The van der Waals surface area contributed by atoms with Crippen LogP contribution in [0.2, 0.25) is 0 Å². The monoisotopic (exact) mass is 243 g/mol. The number of nitrogens with zero attached hydrogens (tertiary/aromatic N) is 1. The first-order chi connectivity index (χ1) is 7.44. The molecule has 0 spiro atoms. The first kappa shape index (κ1) is 13.4. The SMILES string of the molecule is CC(C)(C)SCC(NN)c1ccncc1F. The van der Waals surface area contributed by atoms with E-state index in [4.69, 9.17) is 5.84 Å². The highest BCUT2D eigenvalue weighted by atomic mass is 32.2. The molecule has 1 aromatic heterocycles. The number of hydrogen-bond donors (Lipinski definition) is 2. The van der Waals surface area contributed by atoms with Crippen LogP contribution < -0.4 is 11.3 Å². The third kappa shape index (κ3) is 4.08. The fourth-order valence-corrected chi connectivity index (χ4v) is 2.17. The minimum absolute atomic E-state index is 0.138. The smallest absolute Gasteiger partial charge is 0.146 e. The van der Waals surface area contributed by atoms with E-state index in [9.17, 15) is 4.39 Å². The molecule has 0 amide bonds. The van der Waals surface area contributed by atoms with Crippen LogP contribution in [0.25, 0.3) is 0 Å². The van der Waals surface area contributed by atoms with Crippen LogP contribution in [0.3, 0.4) is 0 Å². The highest BCUT2D eigenvalue weighted by molar-refractivity contribution is 8.00. The van der Waals surface area contributed by atoms with Crippen molar-refractivity contribution < 1.29 is 4.39 Å². The van der Waals surface area contributed by atoms with Gasteiger partial charge in [0.15, 0.2) is 0 Å². The predicted octanol–water partition coefficient (Wildman–Crippen LogP) is 2.26. The van der Waals surface area contributed by atoms with Crippen molar-refractivity contribution in [1.82, 2.24) is 10.4 Å². The van der Waals surface area contributed by atoms with Crippen LogP contribution in [-0.2, 0) is 0 Å². The van der Waals surface area contributed by atoms with E-state index in [1.54, 1.807) is 24.0 Å². The lowest BCUT2D eigenvalue weighted by molar-refractivity contribution is 0.541. The van der Waals surface area contributed by atoms with Gasteiger partial charge in [-0.15, -0.1) is 0 Å². The molecule has 5 heteroatoms. The standard InChI is InChI=1S/C11H18FN3S/c1-11(2,3)16-7-10(15-13)8-4-5-14-6-9(8)12/h4-6,10,15H,7,13H2,1-3H3. The molecule has 0 aliphatic heterocycles. The number of thioether (sulfide) groups is 1. The first-order valence-electron chi connectivity index (χ1n) is 5.13. The number of hydrazine groups is 1. The molecule has 3 nitrogen and oxygen atoms in total. The largest absolute Gasteiger partial charge is 0.271 e. The molecule has 1 atom stereocenters. The van der Waals surface area contributed by atoms with E-state index in [1.807, 2.05) is 0 Å². The second-order valence-corrected chi connectivity index (χ2v) is 6.39. The summed E-state index contributed by atoms with van der Waals surface area (Å²) in [4.78, 5) is 3.72. The molecule has 1 heterocycles. The van der Waals surface area contributed by atoms with E-state index in [0.717, 1.165) is 5.75 Å². The minimum Gasteiger partial charge on any atom is -0.271 e. The van der Waals surface area contributed by atoms with E-state index >= 15 is 0 Å². The van der Waals surface area contributed by atoms with E-state index in [1.165, 1.54) is 6.20 Å². The molecule has 1 unspecified atom stereocenters. The fourth-order valence-electron chi connectivity index (χ4n) is 1.23. The Hall–Kier alpha value is -0.650. The van der Waals surface area contributed by atoms with Crippen molar-refractivity contribution in [2.75, 3.05) is 5.75 Å². The number of rotatable bonds is 4. The number of hydrogen-bond acceptors (Lipinski definition) is 4. The molecule has 0 aliphatic carbocycles. The Morgan fingerprint density at radius 1 is 1.56 bits per heavy atom. The Balaban J connectivity index is 2.72. The summed E-state index contributed by atoms with van der Waals surface area (Å²) in [5.74, 6) is 5.86. The summed E-state index contributed by atoms with van der Waals surface area (Å²) >= 11 is 1.74. The Labute approximate surface area is 100.0 Å². The molecule has 0 saturated carbocycles. The molecule has 1 aromatic rings. The average molecular weight is 243 g/mol. The number of aromatic nitrogens is 1. The van der Waals surface area contributed by atoms with E-state index in [0.29, 0.717) is 5.56 Å². The van der Waals surface area contributed by atoms with Crippen molar-refractivity contribution in [3.63, 3.8) is 0 Å². The van der Waals surface area contributed by atoms with Gasteiger partial charge in [-0.05, 0) is 6.07 Å². The van der Waals surface area contributed by atoms with Crippen LogP contribution >= 0.6 is 11.8 Å². The average Bonchev–Trinajstić information content (AvgIpc) is 2.20. The number of nitrogens with two attached hydrogens (primary N) is 1. The lowest BCUT2D eigenvalue weighted by Crippen LogP contribution is -2.31. The summed E-state index contributed by atoms with van der Waals surface area (Å²) < 4.78 is 13.6. The lowest BCUT2D eigenvalue weighted by atomic mass is 10.1. The maximum absolute atomic E-state index is 13.5. The molecule has 0 bridgehead atoms. The quantitative estimate of drug-likeness (QED) is 0.629. The predicted molar refractivity (Wildman–Crippen MR) is 66.5 cm³/mol. The van der Waals surface area contributed by atoms with Gasteiger partial charge in [-0.2, -0.15) is 11.8 Å².